The number of primary amides is 1. The van der Waals surface area contributed by atoms with Gasteiger partial charge in [0, 0.05) is 13.0 Å². The summed E-state index contributed by atoms with van der Waals surface area (Å²) in [6, 6.07) is 0. The van der Waals surface area contributed by atoms with Crippen molar-refractivity contribution < 1.29 is 28.6 Å². The van der Waals surface area contributed by atoms with Crippen molar-refractivity contribution in [2.45, 2.75) is 32.8 Å². The number of carbonyl (C=O) groups is 1. The standard InChI is InChI=1S/C15H32N2O6/c1-15(2,3)23-17-5-7-20-9-11-22-13-12-21-10-8-19-6-4-14(16)18/h17H,4-13H2,1-3H3,(H2,16,18). The van der Waals surface area contributed by atoms with Crippen LogP contribution in [0.15, 0.2) is 0 Å². The van der Waals surface area contributed by atoms with E-state index in [2.05, 4.69) is 5.48 Å². The van der Waals surface area contributed by atoms with Crippen LogP contribution in [0.1, 0.15) is 27.2 Å². The molecule has 8 nitrogen and oxygen atoms in total. The summed E-state index contributed by atoms with van der Waals surface area (Å²) in [7, 11) is 0. The summed E-state index contributed by atoms with van der Waals surface area (Å²) in [6.07, 6.45) is 0.237. The van der Waals surface area contributed by atoms with Gasteiger partial charge in [-0.1, -0.05) is 0 Å². The summed E-state index contributed by atoms with van der Waals surface area (Å²) in [6.45, 7) is 10.5. The van der Waals surface area contributed by atoms with Crippen LogP contribution in [0.5, 0.6) is 0 Å². The first-order chi connectivity index (χ1) is 10.9. The molecule has 1 amide bonds. The van der Waals surface area contributed by atoms with Crippen LogP contribution in [-0.2, 0) is 28.6 Å². The van der Waals surface area contributed by atoms with E-state index in [1.54, 1.807) is 0 Å². The molecule has 0 radical (unpaired) electrons. The highest BCUT2D eigenvalue weighted by Gasteiger charge is 2.09. The zero-order valence-electron chi connectivity index (χ0n) is 14.6. The molecule has 0 aromatic heterocycles. The van der Waals surface area contributed by atoms with Crippen molar-refractivity contribution in [3.63, 3.8) is 0 Å². The molecule has 0 unspecified atom stereocenters. The number of rotatable bonds is 16. The van der Waals surface area contributed by atoms with Crippen molar-refractivity contribution in [1.29, 1.82) is 0 Å². The normalized spacial score (nSPS) is 11.8. The first-order valence-electron chi connectivity index (χ1n) is 7.92. The Morgan fingerprint density at radius 2 is 1.26 bits per heavy atom. The van der Waals surface area contributed by atoms with E-state index in [0.717, 1.165) is 0 Å². The smallest absolute Gasteiger partial charge is 0.219 e. The fourth-order valence-electron chi connectivity index (χ4n) is 1.32. The quantitative estimate of drug-likeness (QED) is 0.308. The van der Waals surface area contributed by atoms with E-state index >= 15 is 0 Å². The number of amides is 1. The van der Waals surface area contributed by atoms with Gasteiger partial charge >= 0.3 is 0 Å². The third kappa shape index (κ3) is 21.2. The number of nitrogens with one attached hydrogen (secondary N) is 1. The van der Waals surface area contributed by atoms with E-state index in [-0.39, 0.29) is 17.9 Å². The molecule has 138 valence electrons. The molecule has 3 N–H and O–H groups in total. The fourth-order valence-corrected chi connectivity index (χ4v) is 1.32. The Morgan fingerprint density at radius 3 is 1.70 bits per heavy atom. The predicted molar refractivity (Wildman–Crippen MR) is 85.9 cm³/mol. The van der Waals surface area contributed by atoms with Crippen LogP contribution in [-0.4, -0.2) is 70.9 Å². The van der Waals surface area contributed by atoms with Crippen molar-refractivity contribution >= 4 is 5.91 Å². The molecule has 0 bridgehead atoms. The Bertz CT molecular complexity index is 284. The number of ether oxygens (including phenoxy) is 4. The van der Waals surface area contributed by atoms with E-state index in [1.807, 2.05) is 20.8 Å². The number of carbonyl (C=O) groups excluding carboxylic acids is 1. The van der Waals surface area contributed by atoms with Crippen LogP contribution in [0, 0.1) is 0 Å². The molecule has 8 heteroatoms. The van der Waals surface area contributed by atoms with Crippen molar-refractivity contribution in [3.05, 3.63) is 0 Å². The molecule has 0 aromatic carbocycles. The zero-order chi connectivity index (χ0) is 17.4. The number of hydrogen-bond donors (Lipinski definition) is 2. The van der Waals surface area contributed by atoms with Gasteiger partial charge in [0.2, 0.25) is 5.91 Å². The molecule has 0 aromatic rings. The lowest BCUT2D eigenvalue weighted by molar-refractivity contribution is -0.119. The third-order valence-electron chi connectivity index (χ3n) is 2.34. The average Bonchev–Trinajstić information content (AvgIpc) is 2.45. The summed E-state index contributed by atoms with van der Waals surface area (Å²) < 4.78 is 21.2. The fraction of sp³-hybridized carbons (Fsp3) is 0.933. The maximum atomic E-state index is 10.4. The first kappa shape index (κ1) is 22.2. The maximum absolute atomic E-state index is 10.4. The lowest BCUT2D eigenvalue weighted by atomic mass is 10.2. The molecule has 0 atom stereocenters. The number of hydroxylamine groups is 1. The minimum atomic E-state index is -0.362. The molecule has 0 fully saturated rings. The minimum Gasteiger partial charge on any atom is -0.379 e. The van der Waals surface area contributed by atoms with Crippen molar-refractivity contribution in [2.24, 2.45) is 5.73 Å². The lowest BCUT2D eigenvalue weighted by Crippen LogP contribution is -2.31. The highest BCUT2D eigenvalue weighted by atomic mass is 16.7. The summed E-state index contributed by atoms with van der Waals surface area (Å²) in [4.78, 5) is 15.8. The Hall–Kier alpha value is -0.770. The molecule has 0 rings (SSSR count). The minimum absolute atomic E-state index is 0.198. The van der Waals surface area contributed by atoms with Crippen LogP contribution in [0.4, 0.5) is 0 Å². The van der Waals surface area contributed by atoms with Gasteiger partial charge in [0.05, 0.1) is 58.5 Å². The number of nitrogens with two attached hydrogens (primary N) is 1. The van der Waals surface area contributed by atoms with Gasteiger partial charge in [-0.3, -0.25) is 9.63 Å². The molecule has 0 heterocycles. The Kier molecular flexibility index (Phi) is 14.3. The average molecular weight is 336 g/mol. The molecule has 0 saturated heterocycles. The van der Waals surface area contributed by atoms with Gasteiger partial charge in [0.1, 0.15) is 0 Å². The SMILES string of the molecule is CC(C)(C)ONCCOCCOCCOCCOCCC(N)=O. The molecule has 23 heavy (non-hydrogen) atoms. The monoisotopic (exact) mass is 336 g/mol. The van der Waals surface area contributed by atoms with Crippen LogP contribution in [0.25, 0.3) is 0 Å². The van der Waals surface area contributed by atoms with Gasteiger partial charge in [-0.15, -0.1) is 0 Å². The lowest BCUT2D eigenvalue weighted by Gasteiger charge is -2.19. The summed E-state index contributed by atoms with van der Waals surface area (Å²) in [5.41, 5.74) is 7.63. The molecular formula is C15H32N2O6. The zero-order valence-corrected chi connectivity index (χ0v) is 14.6. The largest absolute Gasteiger partial charge is 0.379 e. The summed E-state index contributed by atoms with van der Waals surface area (Å²) >= 11 is 0. The van der Waals surface area contributed by atoms with E-state index in [1.165, 1.54) is 0 Å². The van der Waals surface area contributed by atoms with Crippen LogP contribution < -0.4 is 11.2 Å². The van der Waals surface area contributed by atoms with Gasteiger partial charge < -0.3 is 24.7 Å². The molecule has 0 spiro atoms. The van der Waals surface area contributed by atoms with Crippen molar-refractivity contribution in [2.75, 3.05) is 59.4 Å². The van der Waals surface area contributed by atoms with Gasteiger partial charge in [-0.2, -0.15) is 5.48 Å². The van der Waals surface area contributed by atoms with Crippen molar-refractivity contribution in [1.82, 2.24) is 5.48 Å². The molecular weight excluding hydrogens is 304 g/mol. The Labute approximate surface area is 138 Å². The van der Waals surface area contributed by atoms with E-state index in [4.69, 9.17) is 29.5 Å². The maximum Gasteiger partial charge on any atom is 0.219 e. The molecule has 0 aliphatic rings. The van der Waals surface area contributed by atoms with Gasteiger partial charge in [0.25, 0.3) is 0 Å². The Balaban J connectivity index is 3.04. The second-order valence-corrected chi connectivity index (χ2v) is 5.77. The van der Waals surface area contributed by atoms with Gasteiger partial charge in [-0.25, -0.2) is 0 Å². The predicted octanol–water partition coefficient (Wildman–Crippen LogP) is 0.248. The van der Waals surface area contributed by atoms with E-state index in [0.29, 0.717) is 59.4 Å². The molecule has 0 saturated carbocycles. The molecule has 0 aliphatic carbocycles. The van der Waals surface area contributed by atoms with Crippen molar-refractivity contribution in [3.8, 4) is 0 Å². The van der Waals surface area contributed by atoms with Gasteiger partial charge in [-0.05, 0) is 20.8 Å². The Morgan fingerprint density at radius 1 is 0.826 bits per heavy atom. The second kappa shape index (κ2) is 14.8. The number of hydrogen-bond acceptors (Lipinski definition) is 7. The third-order valence-corrected chi connectivity index (χ3v) is 2.34. The topological polar surface area (TPSA) is 101 Å². The van der Waals surface area contributed by atoms with Crippen LogP contribution >= 0.6 is 0 Å². The summed E-state index contributed by atoms with van der Waals surface area (Å²) in [5.74, 6) is -0.362. The highest BCUT2D eigenvalue weighted by molar-refractivity contribution is 5.73. The summed E-state index contributed by atoms with van der Waals surface area (Å²) in [5, 5.41) is 0. The first-order valence-corrected chi connectivity index (χ1v) is 7.92. The van der Waals surface area contributed by atoms with E-state index < -0.39 is 0 Å². The van der Waals surface area contributed by atoms with Crippen LogP contribution in [0.2, 0.25) is 0 Å². The second-order valence-electron chi connectivity index (χ2n) is 5.77. The van der Waals surface area contributed by atoms with Crippen LogP contribution in [0.3, 0.4) is 0 Å². The molecule has 0 aliphatic heterocycles. The van der Waals surface area contributed by atoms with E-state index in [9.17, 15) is 4.79 Å². The highest BCUT2D eigenvalue weighted by Crippen LogP contribution is 2.02. The van der Waals surface area contributed by atoms with Gasteiger partial charge in [0.15, 0.2) is 0 Å².